The van der Waals surface area contributed by atoms with Crippen LogP contribution in [0.2, 0.25) is 0 Å². The molecular weight excluding hydrogens is 328 g/mol. The molecule has 0 saturated carbocycles. The van der Waals surface area contributed by atoms with Crippen molar-refractivity contribution in [3.05, 3.63) is 71.5 Å². The fraction of sp³-hybridized carbons (Fsp3) is 0.190. The van der Waals surface area contributed by atoms with Gasteiger partial charge in [-0.2, -0.15) is 0 Å². The van der Waals surface area contributed by atoms with Gasteiger partial charge in [-0.3, -0.25) is 4.79 Å². The third-order valence-corrected chi connectivity index (χ3v) is 4.30. The summed E-state index contributed by atoms with van der Waals surface area (Å²) in [4.78, 5) is 12.5. The van der Waals surface area contributed by atoms with Gasteiger partial charge in [0.15, 0.2) is 11.5 Å². The number of hydrogen-bond acceptors (Lipinski definition) is 3. The fourth-order valence-electron chi connectivity index (χ4n) is 2.95. The molecule has 2 aromatic carbocycles. The zero-order chi connectivity index (χ0) is 18.7. The van der Waals surface area contributed by atoms with E-state index >= 15 is 0 Å². The van der Waals surface area contributed by atoms with Crippen LogP contribution in [0.25, 0.3) is 5.69 Å². The van der Waals surface area contributed by atoms with Gasteiger partial charge in [0.05, 0.1) is 14.2 Å². The van der Waals surface area contributed by atoms with Crippen LogP contribution in [-0.2, 0) is 0 Å². The minimum absolute atomic E-state index is 0.176. The van der Waals surface area contributed by atoms with Gasteiger partial charge in [0.2, 0.25) is 0 Å². The summed E-state index contributed by atoms with van der Waals surface area (Å²) in [6, 6.07) is 17.0. The van der Waals surface area contributed by atoms with E-state index < -0.39 is 0 Å². The van der Waals surface area contributed by atoms with Gasteiger partial charge in [-0.25, -0.2) is 0 Å². The molecule has 3 aromatic rings. The van der Waals surface area contributed by atoms with Gasteiger partial charge in [-0.1, -0.05) is 0 Å². The van der Waals surface area contributed by atoms with Crippen LogP contribution in [0.3, 0.4) is 0 Å². The third-order valence-electron chi connectivity index (χ3n) is 4.30. The molecule has 0 aliphatic carbocycles. The first kappa shape index (κ1) is 17.6. The Labute approximate surface area is 153 Å². The smallest absolute Gasteiger partial charge is 0.255 e. The second kappa shape index (κ2) is 7.35. The maximum absolute atomic E-state index is 12.5. The first-order chi connectivity index (χ1) is 12.5. The highest BCUT2D eigenvalue weighted by Crippen LogP contribution is 2.30. The first-order valence-corrected chi connectivity index (χ1v) is 8.32. The third kappa shape index (κ3) is 3.42. The zero-order valence-corrected chi connectivity index (χ0v) is 15.4. The molecule has 1 amide bonds. The summed E-state index contributed by atoms with van der Waals surface area (Å²) in [5.41, 5.74) is 4.59. The number of carbonyl (C=O) groups is 1. The second-order valence-corrected chi connectivity index (χ2v) is 6.02. The van der Waals surface area contributed by atoms with Gasteiger partial charge in [-0.05, 0) is 62.4 Å². The van der Waals surface area contributed by atoms with E-state index in [4.69, 9.17) is 9.47 Å². The molecule has 0 spiro atoms. The van der Waals surface area contributed by atoms with Gasteiger partial charge < -0.3 is 19.4 Å². The van der Waals surface area contributed by atoms with E-state index in [1.807, 2.05) is 24.3 Å². The molecule has 1 N–H and O–H groups in total. The highest BCUT2D eigenvalue weighted by molar-refractivity contribution is 6.04. The summed E-state index contributed by atoms with van der Waals surface area (Å²) in [7, 11) is 3.14. The maximum atomic E-state index is 12.5. The SMILES string of the molecule is COc1ccc(NC(=O)c2ccc(-n3c(C)ccc3C)cc2)cc1OC. The Morgan fingerprint density at radius 2 is 1.46 bits per heavy atom. The molecule has 3 rings (SSSR count). The molecule has 134 valence electrons. The van der Waals surface area contributed by atoms with Crippen LogP contribution in [0.5, 0.6) is 11.5 Å². The van der Waals surface area contributed by atoms with Gasteiger partial charge >= 0.3 is 0 Å². The number of rotatable bonds is 5. The van der Waals surface area contributed by atoms with Crippen LogP contribution < -0.4 is 14.8 Å². The fourth-order valence-corrected chi connectivity index (χ4v) is 2.95. The number of carbonyl (C=O) groups excluding carboxylic acids is 1. The van der Waals surface area contributed by atoms with Crippen molar-refractivity contribution in [2.24, 2.45) is 0 Å². The van der Waals surface area contributed by atoms with Crippen molar-refractivity contribution in [1.82, 2.24) is 4.57 Å². The Bertz CT molecular complexity index is 907. The van der Waals surface area contributed by atoms with Crippen LogP contribution in [0.4, 0.5) is 5.69 Å². The molecule has 0 unspecified atom stereocenters. The van der Waals surface area contributed by atoms with E-state index in [0.29, 0.717) is 22.7 Å². The van der Waals surface area contributed by atoms with E-state index in [1.165, 1.54) is 0 Å². The Hall–Kier alpha value is -3.21. The summed E-state index contributed by atoms with van der Waals surface area (Å²) in [6.07, 6.45) is 0. The number of anilines is 1. The second-order valence-electron chi connectivity index (χ2n) is 6.02. The van der Waals surface area contributed by atoms with E-state index in [0.717, 1.165) is 17.1 Å². The summed E-state index contributed by atoms with van der Waals surface area (Å²) in [6.45, 7) is 4.12. The summed E-state index contributed by atoms with van der Waals surface area (Å²) in [5.74, 6) is 1.01. The first-order valence-electron chi connectivity index (χ1n) is 8.32. The van der Waals surface area contributed by atoms with Crippen molar-refractivity contribution in [2.75, 3.05) is 19.5 Å². The largest absolute Gasteiger partial charge is 0.493 e. The zero-order valence-electron chi connectivity index (χ0n) is 15.4. The van der Waals surface area contributed by atoms with Gasteiger partial charge in [-0.15, -0.1) is 0 Å². The highest BCUT2D eigenvalue weighted by Gasteiger charge is 2.10. The van der Waals surface area contributed by atoms with Crippen LogP contribution in [-0.4, -0.2) is 24.7 Å². The monoisotopic (exact) mass is 350 g/mol. The van der Waals surface area contributed by atoms with Crippen molar-refractivity contribution in [1.29, 1.82) is 0 Å². The molecule has 0 fully saturated rings. The van der Waals surface area contributed by atoms with E-state index in [1.54, 1.807) is 32.4 Å². The number of ether oxygens (including phenoxy) is 2. The van der Waals surface area contributed by atoms with E-state index in [2.05, 4.69) is 35.9 Å². The Kier molecular flexibility index (Phi) is 4.98. The van der Waals surface area contributed by atoms with Crippen LogP contribution >= 0.6 is 0 Å². The molecule has 1 aromatic heterocycles. The number of aromatic nitrogens is 1. The molecule has 0 radical (unpaired) electrons. The number of hydrogen-bond donors (Lipinski definition) is 1. The number of benzene rings is 2. The van der Waals surface area contributed by atoms with Crippen molar-refractivity contribution in [3.8, 4) is 17.2 Å². The Morgan fingerprint density at radius 1 is 0.846 bits per heavy atom. The molecule has 0 aliphatic heterocycles. The molecule has 0 saturated heterocycles. The van der Waals surface area contributed by atoms with Crippen LogP contribution in [0.1, 0.15) is 21.7 Å². The average molecular weight is 350 g/mol. The summed E-state index contributed by atoms with van der Waals surface area (Å²) in [5, 5.41) is 2.88. The van der Waals surface area contributed by atoms with Crippen molar-refractivity contribution < 1.29 is 14.3 Å². The Morgan fingerprint density at radius 3 is 2.04 bits per heavy atom. The van der Waals surface area contributed by atoms with Crippen LogP contribution in [0.15, 0.2) is 54.6 Å². The quantitative estimate of drug-likeness (QED) is 0.744. The lowest BCUT2D eigenvalue weighted by atomic mass is 10.1. The molecule has 5 heteroatoms. The molecule has 1 heterocycles. The molecule has 0 aliphatic rings. The number of nitrogens with zero attached hydrogens (tertiary/aromatic N) is 1. The molecule has 5 nitrogen and oxygen atoms in total. The Balaban J connectivity index is 1.79. The number of nitrogens with one attached hydrogen (secondary N) is 1. The maximum Gasteiger partial charge on any atom is 0.255 e. The highest BCUT2D eigenvalue weighted by atomic mass is 16.5. The molecular formula is C21H22N2O3. The lowest BCUT2D eigenvalue weighted by Crippen LogP contribution is -2.12. The van der Waals surface area contributed by atoms with E-state index in [9.17, 15) is 4.79 Å². The van der Waals surface area contributed by atoms with Crippen molar-refractivity contribution in [2.45, 2.75) is 13.8 Å². The minimum atomic E-state index is -0.176. The van der Waals surface area contributed by atoms with Gasteiger partial charge in [0.25, 0.3) is 5.91 Å². The number of methoxy groups -OCH3 is 2. The number of amides is 1. The van der Waals surface area contributed by atoms with Gasteiger partial charge in [0, 0.05) is 34.4 Å². The number of aryl methyl sites for hydroxylation is 2. The lowest BCUT2D eigenvalue weighted by molar-refractivity contribution is 0.102. The van der Waals surface area contributed by atoms with Crippen molar-refractivity contribution in [3.63, 3.8) is 0 Å². The van der Waals surface area contributed by atoms with Gasteiger partial charge in [0.1, 0.15) is 0 Å². The molecule has 26 heavy (non-hydrogen) atoms. The summed E-state index contributed by atoms with van der Waals surface area (Å²) >= 11 is 0. The predicted molar refractivity (Wildman–Crippen MR) is 103 cm³/mol. The molecule has 0 bridgehead atoms. The van der Waals surface area contributed by atoms with E-state index in [-0.39, 0.29) is 5.91 Å². The summed E-state index contributed by atoms with van der Waals surface area (Å²) < 4.78 is 12.6. The standard InChI is InChI=1S/C21H22N2O3/c1-14-5-6-15(2)23(14)18-10-7-16(8-11-18)21(24)22-17-9-12-19(25-3)20(13-17)26-4/h5-13H,1-4H3,(H,22,24). The molecule has 0 atom stereocenters. The predicted octanol–water partition coefficient (Wildman–Crippen LogP) is 4.36. The topological polar surface area (TPSA) is 52.5 Å². The minimum Gasteiger partial charge on any atom is -0.493 e. The normalized spacial score (nSPS) is 10.5. The van der Waals surface area contributed by atoms with Crippen LogP contribution in [0, 0.1) is 13.8 Å². The average Bonchev–Trinajstić information content (AvgIpc) is 3.00. The van der Waals surface area contributed by atoms with Crippen molar-refractivity contribution >= 4 is 11.6 Å². The lowest BCUT2D eigenvalue weighted by Gasteiger charge is -2.12.